The molecule has 1 saturated heterocycles. The van der Waals surface area contributed by atoms with Gasteiger partial charge in [0.1, 0.15) is 11.6 Å². The van der Waals surface area contributed by atoms with Gasteiger partial charge < -0.3 is 4.98 Å². The number of aromatic amines is 1. The van der Waals surface area contributed by atoms with Crippen molar-refractivity contribution in [1.29, 1.82) is 5.26 Å². The van der Waals surface area contributed by atoms with Crippen molar-refractivity contribution in [3.63, 3.8) is 0 Å². The van der Waals surface area contributed by atoms with Gasteiger partial charge in [-0.15, -0.1) is 0 Å². The number of benzene rings is 1. The SMILES string of the molecule is N#Cc1c(CN2CCCCC2)[nH]c2c(=O)n(-c3ccccc3)cc(C3CC3)c12. The Labute approximate surface area is 164 Å². The smallest absolute Gasteiger partial charge is 0.279 e. The second-order valence-electron chi connectivity index (χ2n) is 8.05. The van der Waals surface area contributed by atoms with Gasteiger partial charge in [-0.1, -0.05) is 24.6 Å². The van der Waals surface area contributed by atoms with Gasteiger partial charge in [-0.25, -0.2) is 0 Å². The molecule has 0 bridgehead atoms. The van der Waals surface area contributed by atoms with Crippen LogP contribution in [-0.4, -0.2) is 27.5 Å². The zero-order valence-electron chi connectivity index (χ0n) is 15.9. The Morgan fingerprint density at radius 3 is 2.54 bits per heavy atom. The highest BCUT2D eigenvalue weighted by molar-refractivity contribution is 5.90. The van der Waals surface area contributed by atoms with Crippen molar-refractivity contribution in [2.45, 2.75) is 44.6 Å². The molecule has 142 valence electrons. The Morgan fingerprint density at radius 2 is 1.86 bits per heavy atom. The molecule has 1 aromatic carbocycles. The maximum absolute atomic E-state index is 13.3. The molecule has 5 rings (SSSR count). The minimum atomic E-state index is -0.0769. The first-order valence-electron chi connectivity index (χ1n) is 10.2. The minimum absolute atomic E-state index is 0.0769. The molecule has 5 nitrogen and oxygen atoms in total. The number of nitriles is 1. The van der Waals surface area contributed by atoms with Crippen LogP contribution in [0.25, 0.3) is 16.6 Å². The molecule has 5 heteroatoms. The van der Waals surface area contributed by atoms with E-state index >= 15 is 0 Å². The number of pyridine rings is 1. The zero-order valence-corrected chi connectivity index (χ0v) is 15.9. The number of hydrogen-bond donors (Lipinski definition) is 1. The van der Waals surface area contributed by atoms with E-state index < -0.39 is 0 Å². The predicted molar refractivity (Wildman–Crippen MR) is 110 cm³/mol. The summed E-state index contributed by atoms with van der Waals surface area (Å²) < 4.78 is 1.73. The van der Waals surface area contributed by atoms with Crippen molar-refractivity contribution < 1.29 is 0 Å². The number of likely N-dealkylation sites (tertiary alicyclic amines) is 1. The van der Waals surface area contributed by atoms with Gasteiger partial charge in [0.2, 0.25) is 0 Å². The Kier molecular flexibility index (Phi) is 4.29. The largest absolute Gasteiger partial charge is 0.352 e. The molecule has 28 heavy (non-hydrogen) atoms. The third-order valence-electron chi connectivity index (χ3n) is 6.06. The lowest BCUT2D eigenvalue weighted by atomic mass is 10.0. The first-order valence-corrected chi connectivity index (χ1v) is 10.2. The monoisotopic (exact) mass is 372 g/mol. The summed E-state index contributed by atoms with van der Waals surface area (Å²) in [7, 11) is 0. The number of nitrogens with one attached hydrogen (secondary N) is 1. The highest BCUT2D eigenvalue weighted by atomic mass is 16.1. The number of aromatic nitrogens is 2. The molecular formula is C23H24N4O. The quantitative estimate of drug-likeness (QED) is 0.751. The molecule has 2 aliphatic rings. The summed E-state index contributed by atoms with van der Waals surface area (Å²) in [6, 6.07) is 12.2. The maximum atomic E-state index is 13.3. The zero-order chi connectivity index (χ0) is 19.1. The highest BCUT2D eigenvalue weighted by Gasteiger charge is 2.30. The molecule has 0 atom stereocenters. The molecule has 1 saturated carbocycles. The Hall–Kier alpha value is -2.84. The van der Waals surface area contributed by atoms with Crippen LogP contribution in [0.3, 0.4) is 0 Å². The molecule has 0 spiro atoms. The van der Waals surface area contributed by atoms with Crippen LogP contribution in [-0.2, 0) is 6.54 Å². The number of fused-ring (bicyclic) bond motifs is 1. The summed E-state index contributed by atoms with van der Waals surface area (Å²) in [5, 5.41) is 10.8. The molecule has 3 aromatic rings. The van der Waals surface area contributed by atoms with Crippen LogP contribution in [0.2, 0.25) is 0 Å². The van der Waals surface area contributed by atoms with E-state index in [2.05, 4.69) is 16.0 Å². The molecule has 1 aliphatic heterocycles. The fourth-order valence-electron chi connectivity index (χ4n) is 4.45. The van der Waals surface area contributed by atoms with E-state index in [-0.39, 0.29) is 5.56 Å². The number of piperidine rings is 1. The van der Waals surface area contributed by atoms with Gasteiger partial charge in [-0.3, -0.25) is 14.3 Å². The van der Waals surface area contributed by atoms with Gasteiger partial charge in [0.15, 0.2) is 0 Å². The fraction of sp³-hybridized carbons (Fsp3) is 0.391. The lowest BCUT2D eigenvalue weighted by Crippen LogP contribution is -2.29. The lowest BCUT2D eigenvalue weighted by molar-refractivity contribution is 0.219. The summed E-state index contributed by atoms with van der Waals surface area (Å²) in [6.07, 6.45) is 7.91. The third kappa shape index (κ3) is 2.94. The van der Waals surface area contributed by atoms with E-state index in [1.165, 1.54) is 19.3 Å². The topological polar surface area (TPSA) is 64.8 Å². The van der Waals surface area contributed by atoms with Crippen LogP contribution in [0, 0.1) is 11.3 Å². The summed E-state index contributed by atoms with van der Waals surface area (Å²) in [5.74, 6) is 0.448. The van der Waals surface area contributed by atoms with E-state index in [0.29, 0.717) is 23.5 Å². The van der Waals surface area contributed by atoms with Crippen LogP contribution in [0.4, 0.5) is 0 Å². The molecule has 3 heterocycles. The molecule has 1 aliphatic carbocycles. The van der Waals surface area contributed by atoms with Crippen molar-refractivity contribution in [2.24, 2.45) is 0 Å². The molecule has 1 N–H and O–H groups in total. The number of rotatable bonds is 4. The van der Waals surface area contributed by atoms with Crippen molar-refractivity contribution in [3.8, 4) is 11.8 Å². The molecule has 0 amide bonds. The van der Waals surface area contributed by atoms with Crippen LogP contribution in [0.5, 0.6) is 0 Å². The van der Waals surface area contributed by atoms with Crippen LogP contribution in [0.15, 0.2) is 41.3 Å². The Morgan fingerprint density at radius 1 is 1.11 bits per heavy atom. The third-order valence-corrected chi connectivity index (χ3v) is 6.06. The van der Waals surface area contributed by atoms with Crippen molar-refractivity contribution in [1.82, 2.24) is 14.5 Å². The van der Waals surface area contributed by atoms with E-state index in [4.69, 9.17) is 0 Å². The maximum Gasteiger partial charge on any atom is 0.279 e. The Balaban J connectivity index is 1.69. The molecular weight excluding hydrogens is 348 g/mol. The number of hydrogen-bond acceptors (Lipinski definition) is 3. The molecule has 0 radical (unpaired) electrons. The molecule has 0 unspecified atom stereocenters. The van der Waals surface area contributed by atoms with Gasteiger partial charge in [0.25, 0.3) is 5.56 Å². The van der Waals surface area contributed by atoms with Crippen molar-refractivity contribution >= 4 is 10.9 Å². The van der Waals surface area contributed by atoms with Crippen molar-refractivity contribution in [2.75, 3.05) is 13.1 Å². The second kappa shape index (κ2) is 6.96. The summed E-state index contributed by atoms with van der Waals surface area (Å²) in [5.41, 5.74) is 4.06. The average Bonchev–Trinajstić information content (AvgIpc) is 3.51. The van der Waals surface area contributed by atoms with E-state index in [1.54, 1.807) is 4.57 Å². The number of H-pyrrole nitrogens is 1. The Bertz CT molecular complexity index is 1110. The van der Waals surface area contributed by atoms with Gasteiger partial charge in [-0.2, -0.15) is 5.26 Å². The first-order chi connectivity index (χ1) is 13.8. The summed E-state index contributed by atoms with van der Waals surface area (Å²) in [4.78, 5) is 19.1. The normalized spacial score (nSPS) is 17.7. The van der Waals surface area contributed by atoms with Crippen LogP contribution < -0.4 is 5.56 Å². The van der Waals surface area contributed by atoms with Gasteiger partial charge >= 0.3 is 0 Å². The fourth-order valence-corrected chi connectivity index (χ4v) is 4.45. The minimum Gasteiger partial charge on any atom is -0.352 e. The number of para-hydroxylation sites is 1. The van der Waals surface area contributed by atoms with E-state index in [0.717, 1.165) is 48.3 Å². The number of nitrogens with zero attached hydrogens (tertiary/aromatic N) is 3. The predicted octanol–water partition coefficient (Wildman–Crippen LogP) is 4.05. The first kappa shape index (κ1) is 17.3. The second-order valence-corrected chi connectivity index (χ2v) is 8.05. The highest BCUT2D eigenvalue weighted by Crippen LogP contribution is 2.44. The molecule has 2 fully saturated rings. The lowest BCUT2D eigenvalue weighted by Gasteiger charge is -2.25. The van der Waals surface area contributed by atoms with Gasteiger partial charge in [0, 0.05) is 29.5 Å². The van der Waals surface area contributed by atoms with E-state index in [1.807, 2.05) is 36.5 Å². The summed E-state index contributed by atoms with van der Waals surface area (Å²) >= 11 is 0. The van der Waals surface area contributed by atoms with Gasteiger partial charge in [0.05, 0.1) is 5.56 Å². The summed E-state index contributed by atoms with van der Waals surface area (Å²) in [6.45, 7) is 2.83. The van der Waals surface area contributed by atoms with Gasteiger partial charge in [-0.05, 0) is 62.4 Å². The van der Waals surface area contributed by atoms with Crippen molar-refractivity contribution in [3.05, 3.63) is 63.7 Å². The van der Waals surface area contributed by atoms with Crippen LogP contribution in [0.1, 0.15) is 54.8 Å². The van der Waals surface area contributed by atoms with Crippen LogP contribution >= 0.6 is 0 Å². The average molecular weight is 372 g/mol. The standard InChI is InChI=1S/C23H24N4O/c24-13-18-20(15-26-11-5-2-6-12-26)25-22-21(18)19(16-9-10-16)14-27(23(22)28)17-7-3-1-4-8-17/h1,3-4,7-8,14,16,25H,2,5-6,9-12,15H2. The van der Waals surface area contributed by atoms with E-state index in [9.17, 15) is 10.1 Å². The molecule has 2 aromatic heterocycles.